The van der Waals surface area contributed by atoms with Gasteiger partial charge in [-0.1, -0.05) is 41.9 Å². The molecule has 3 aromatic carbocycles. The second kappa shape index (κ2) is 13.6. The Balaban J connectivity index is 1.41. The fourth-order valence-electron chi connectivity index (χ4n) is 3.56. The van der Waals surface area contributed by atoms with Gasteiger partial charge >= 0.3 is 0 Å². The van der Waals surface area contributed by atoms with Crippen molar-refractivity contribution in [3.05, 3.63) is 125 Å². The van der Waals surface area contributed by atoms with Crippen LogP contribution in [0.3, 0.4) is 0 Å². The molecular formula is C31H27ClN4O3S. The van der Waals surface area contributed by atoms with Crippen LogP contribution in [0, 0.1) is 6.92 Å². The van der Waals surface area contributed by atoms with Gasteiger partial charge in [0.15, 0.2) is 0 Å². The van der Waals surface area contributed by atoms with Crippen molar-refractivity contribution in [3.63, 3.8) is 0 Å². The predicted molar refractivity (Wildman–Crippen MR) is 161 cm³/mol. The van der Waals surface area contributed by atoms with Crippen LogP contribution in [0.25, 0.3) is 6.08 Å². The Hall–Kier alpha value is -4.40. The molecule has 1 aromatic heterocycles. The molecule has 9 heteroatoms. The number of anilines is 2. The maximum atomic E-state index is 13.2. The van der Waals surface area contributed by atoms with Crippen molar-refractivity contribution in [2.24, 2.45) is 0 Å². The molecule has 4 rings (SSSR count). The third-order valence-corrected chi connectivity index (χ3v) is 7.28. The highest BCUT2D eigenvalue weighted by Gasteiger charge is 2.17. The van der Waals surface area contributed by atoms with Crippen molar-refractivity contribution in [2.75, 3.05) is 10.6 Å². The number of rotatable bonds is 9. The number of nitrogens with zero attached hydrogens (tertiary/aromatic N) is 1. The Kier molecular flexibility index (Phi) is 9.72. The molecule has 0 aliphatic carbocycles. The maximum absolute atomic E-state index is 13.2. The van der Waals surface area contributed by atoms with Crippen molar-refractivity contribution >= 4 is 58.5 Å². The van der Waals surface area contributed by atoms with E-state index in [1.54, 1.807) is 73.1 Å². The Morgan fingerprint density at radius 3 is 2.30 bits per heavy atom. The molecule has 0 bridgehead atoms. The summed E-state index contributed by atoms with van der Waals surface area (Å²) >= 11 is 7.54. The molecule has 7 nitrogen and oxygen atoms in total. The number of aryl methyl sites for hydroxylation is 1. The van der Waals surface area contributed by atoms with Crippen LogP contribution in [-0.2, 0) is 9.59 Å². The van der Waals surface area contributed by atoms with Gasteiger partial charge in [-0.25, -0.2) is 0 Å². The van der Waals surface area contributed by atoms with Crippen LogP contribution >= 0.6 is 23.4 Å². The second-order valence-corrected chi connectivity index (χ2v) is 10.7. The smallest absolute Gasteiger partial charge is 0.272 e. The molecule has 0 fully saturated rings. The zero-order chi connectivity index (χ0) is 28.5. The first kappa shape index (κ1) is 28.6. The van der Waals surface area contributed by atoms with Crippen LogP contribution in [0.15, 0.2) is 108 Å². The van der Waals surface area contributed by atoms with Crippen molar-refractivity contribution in [1.82, 2.24) is 10.3 Å². The van der Waals surface area contributed by atoms with Gasteiger partial charge in [0, 0.05) is 39.3 Å². The van der Waals surface area contributed by atoms with Gasteiger partial charge in [0.2, 0.25) is 5.91 Å². The number of hydrogen-bond acceptors (Lipinski definition) is 5. The Morgan fingerprint density at radius 2 is 1.62 bits per heavy atom. The lowest BCUT2D eigenvalue weighted by Gasteiger charge is -2.14. The second-order valence-electron chi connectivity index (χ2n) is 8.86. The molecule has 4 aromatic rings. The zero-order valence-corrected chi connectivity index (χ0v) is 23.4. The zero-order valence-electron chi connectivity index (χ0n) is 21.9. The molecule has 0 aliphatic rings. The maximum Gasteiger partial charge on any atom is 0.272 e. The van der Waals surface area contributed by atoms with Crippen molar-refractivity contribution in [2.45, 2.75) is 24.0 Å². The van der Waals surface area contributed by atoms with E-state index in [2.05, 4.69) is 20.9 Å². The van der Waals surface area contributed by atoms with E-state index in [4.69, 9.17) is 11.6 Å². The Morgan fingerprint density at radius 1 is 0.900 bits per heavy atom. The van der Waals surface area contributed by atoms with E-state index < -0.39 is 11.8 Å². The first-order chi connectivity index (χ1) is 19.3. The summed E-state index contributed by atoms with van der Waals surface area (Å²) in [7, 11) is 0. The molecule has 1 atom stereocenters. The highest BCUT2D eigenvalue weighted by Crippen LogP contribution is 2.27. The van der Waals surface area contributed by atoms with E-state index in [-0.39, 0.29) is 16.9 Å². The van der Waals surface area contributed by atoms with Crippen LogP contribution in [0.1, 0.15) is 28.4 Å². The summed E-state index contributed by atoms with van der Waals surface area (Å²) in [6.07, 6.45) is 4.79. The number of amides is 3. The molecule has 3 N–H and O–H groups in total. The minimum absolute atomic E-state index is 0.0711. The van der Waals surface area contributed by atoms with Crippen LogP contribution in [0.4, 0.5) is 11.4 Å². The molecule has 0 spiro atoms. The summed E-state index contributed by atoms with van der Waals surface area (Å²) < 4.78 is 0. The van der Waals surface area contributed by atoms with Crippen molar-refractivity contribution in [3.8, 4) is 0 Å². The van der Waals surface area contributed by atoms with E-state index in [1.807, 2.05) is 44.2 Å². The molecule has 202 valence electrons. The van der Waals surface area contributed by atoms with E-state index in [1.165, 1.54) is 11.8 Å². The lowest BCUT2D eigenvalue weighted by molar-refractivity contribution is -0.115. The number of carbonyl (C=O) groups excluding carboxylic acids is 3. The predicted octanol–water partition coefficient (Wildman–Crippen LogP) is 6.57. The van der Waals surface area contributed by atoms with Gasteiger partial charge in [-0.15, -0.1) is 11.8 Å². The lowest BCUT2D eigenvalue weighted by atomic mass is 10.2. The highest BCUT2D eigenvalue weighted by molar-refractivity contribution is 8.00. The molecule has 0 radical (unpaired) electrons. The van der Waals surface area contributed by atoms with E-state index >= 15 is 0 Å². The van der Waals surface area contributed by atoms with Gasteiger partial charge in [-0.05, 0) is 85.6 Å². The van der Waals surface area contributed by atoms with Crippen LogP contribution in [0.5, 0.6) is 0 Å². The van der Waals surface area contributed by atoms with Gasteiger partial charge in [-0.3, -0.25) is 19.4 Å². The summed E-state index contributed by atoms with van der Waals surface area (Å²) in [5.74, 6) is -1.04. The van der Waals surface area contributed by atoms with Crippen LogP contribution in [0.2, 0.25) is 5.02 Å². The number of aromatic nitrogens is 1. The van der Waals surface area contributed by atoms with Gasteiger partial charge in [0.1, 0.15) is 5.70 Å². The first-order valence-electron chi connectivity index (χ1n) is 12.4. The first-order valence-corrected chi connectivity index (χ1v) is 13.7. The van der Waals surface area contributed by atoms with Gasteiger partial charge < -0.3 is 16.0 Å². The highest BCUT2D eigenvalue weighted by atomic mass is 35.5. The molecule has 1 unspecified atom stereocenters. The fourth-order valence-corrected chi connectivity index (χ4v) is 4.61. The summed E-state index contributed by atoms with van der Waals surface area (Å²) in [6, 6.07) is 24.7. The standard InChI is InChI=1S/C31H27ClN4O3S/c1-20-10-11-25(18-27(20)32)35-29(37)21(2)40-26-14-12-24(13-15-26)34-31(39)28(17-22-7-6-16-33-19-22)36-30(38)23-8-4-3-5-9-23/h3-19,21H,1-2H3,(H,34,39)(H,35,37)(H,36,38)/b28-17-. The normalized spacial score (nSPS) is 11.8. The van der Waals surface area contributed by atoms with Gasteiger partial charge in [0.05, 0.1) is 5.25 Å². The number of hydrogen-bond donors (Lipinski definition) is 3. The summed E-state index contributed by atoms with van der Waals surface area (Å²) in [5.41, 5.74) is 3.27. The number of nitrogens with one attached hydrogen (secondary N) is 3. The average molecular weight is 571 g/mol. The quantitative estimate of drug-likeness (QED) is 0.156. The number of thioether (sulfide) groups is 1. The number of pyridine rings is 1. The average Bonchev–Trinajstić information content (AvgIpc) is 2.96. The van der Waals surface area contributed by atoms with Crippen LogP contribution < -0.4 is 16.0 Å². The Labute approximate surface area is 242 Å². The van der Waals surface area contributed by atoms with E-state index in [0.717, 1.165) is 10.5 Å². The molecule has 1 heterocycles. The number of carbonyl (C=O) groups is 3. The molecule has 3 amide bonds. The molecular weight excluding hydrogens is 544 g/mol. The SMILES string of the molecule is Cc1ccc(NC(=O)C(C)Sc2ccc(NC(=O)/C(=C/c3cccnc3)NC(=O)c3ccccc3)cc2)cc1Cl. The van der Waals surface area contributed by atoms with Crippen molar-refractivity contribution < 1.29 is 14.4 Å². The third-order valence-electron chi connectivity index (χ3n) is 5.76. The summed E-state index contributed by atoms with van der Waals surface area (Å²) in [5, 5.41) is 8.62. The van der Waals surface area contributed by atoms with Crippen LogP contribution in [-0.4, -0.2) is 28.0 Å². The number of benzene rings is 3. The third kappa shape index (κ3) is 8.05. The fraction of sp³-hybridized carbons (Fsp3) is 0.0968. The molecule has 40 heavy (non-hydrogen) atoms. The Bertz CT molecular complexity index is 1530. The topological polar surface area (TPSA) is 100 Å². The van der Waals surface area contributed by atoms with Gasteiger partial charge in [0.25, 0.3) is 11.8 Å². The molecule has 0 saturated heterocycles. The lowest BCUT2D eigenvalue weighted by Crippen LogP contribution is -2.30. The van der Waals surface area contributed by atoms with E-state index in [0.29, 0.717) is 27.5 Å². The van der Waals surface area contributed by atoms with E-state index in [9.17, 15) is 14.4 Å². The molecule has 0 aliphatic heterocycles. The van der Waals surface area contributed by atoms with Gasteiger partial charge in [-0.2, -0.15) is 0 Å². The minimum atomic E-state index is -0.488. The monoisotopic (exact) mass is 570 g/mol. The summed E-state index contributed by atoms with van der Waals surface area (Å²) in [6.45, 7) is 3.72. The largest absolute Gasteiger partial charge is 0.325 e. The summed E-state index contributed by atoms with van der Waals surface area (Å²) in [4.78, 5) is 43.5. The molecule has 0 saturated carbocycles. The van der Waals surface area contributed by atoms with Crippen molar-refractivity contribution in [1.29, 1.82) is 0 Å². The minimum Gasteiger partial charge on any atom is -0.325 e. The number of halogens is 1.